The van der Waals surface area contributed by atoms with E-state index >= 15 is 0 Å². The lowest BCUT2D eigenvalue weighted by molar-refractivity contribution is 0.101. The molecule has 1 rings (SSSR count). The first-order valence-corrected chi connectivity index (χ1v) is 6.05. The van der Waals surface area contributed by atoms with Crippen molar-refractivity contribution in [2.45, 2.75) is 39.3 Å². The van der Waals surface area contributed by atoms with Crippen LogP contribution < -0.4 is 5.32 Å². The van der Waals surface area contributed by atoms with Crippen LogP contribution in [0.3, 0.4) is 0 Å². The first-order valence-electron chi connectivity index (χ1n) is 6.05. The van der Waals surface area contributed by atoms with Gasteiger partial charge in [0.15, 0.2) is 0 Å². The highest BCUT2D eigenvalue weighted by atomic mass is 16.3. The van der Waals surface area contributed by atoms with Gasteiger partial charge in [0.2, 0.25) is 0 Å². The molecule has 90 valence electrons. The highest BCUT2D eigenvalue weighted by Crippen LogP contribution is 2.12. The summed E-state index contributed by atoms with van der Waals surface area (Å²) < 4.78 is 0. The Morgan fingerprint density at radius 3 is 2.44 bits per heavy atom. The molecule has 0 spiro atoms. The summed E-state index contributed by atoms with van der Waals surface area (Å²) in [6, 6.07) is 3.97. The van der Waals surface area contributed by atoms with Gasteiger partial charge in [0.25, 0.3) is 0 Å². The van der Waals surface area contributed by atoms with Gasteiger partial charge in [-0.2, -0.15) is 0 Å². The summed E-state index contributed by atoms with van der Waals surface area (Å²) in [5.41, 5.74) is 1.20. The Kier molecular flexibility index (Phi) is 6.04. The zero-order valence-electron chi connectivity index (χ0n) is 10.2. The Labute approximate surface area is 97.9 Å². The van der Waals surface area contributed by atoms with E-state index in [9.17, 15) is 5.11 Å². The fraction of sp³-hybridized carbons (Fsp3) is 0.615. The molecule has 0 aliphatic carbocycles. The SMILES string of the molecule is CCC(CC)C(O)CNCc1ccncc1. The fourth-order valence-electron chi connectivity index (χ4n) is 1.86. The first kappa shape index (κ1) is 13.1. The molecule has 1 atom stereocenters. The molecule has 0 aromatic carbocycles. The second-order valence-corrected chi connectivity index (χ2v) is 4.13. The molecule has 16 heavy (non-hydrogen) atoms. The standard InChI is InChI=1S/C13H22N2O/c1-3-12(4-2)13(16)10-15-9-11-5-7-14-8-6-11/h5-8,12-13,15-16H,3-4,9-10H2,1-2H3. The van der Waals surface area contributed by atoms with E-state index in [0.29, 0.717) is 12.5 Å². The van der Waals surface area contributed by atoms with Crippen LogP contribution in [0.4, 0.5) is 0 Å². The van der Waals surface area contributed by atoms with Crippen molar-refractivity contribution in [3.63, 3.8) is 0 Å². The van der Waals surface area contributed by atoms with Gasteiger partial charge in [-0.25, -0.2) is 0 Å². The monoisotopic (exact) mass is 222 g/mol. The van der Waals surface area contributed by atoms with Gasteiger partial charge >= 0.3 is 0 Å². The normalized spacial score (nSPS) is 13.0. The number of hydrogen-bond acceptors (Lipinski definition) is 3. The summed E-state index contributed by atoms with van der Waals surface area (Å²) in [5, 5.41) is 13.2. The topological polar surface area (TPSA) is 45.1 Å². The zero-order chi connectivity index (χ0) is 11.8. The van der Waals surface area contributed by atoms with Crippen LogP contribution in [0.25, 0.3) is 0 Å². The van der Waals surface area contributed by atoms with Gasteiger partial charge in [-0.05, 0) is 23.6 Å². The summed E-state index contributed by atoms with van der Waals surface area (Å²) in [5.74, 6) is 0.407. The van der Waals surface area contributed by atoms with Gasteiger partial charge in [0, 0.05) is 25.5 Å². The summed E-state index contributed by atoms with van der Waals surface area (Å²) in [4.78, 5) is 3.97. The average Bonchev–Trinajstić information content (AvgIpc) is 2.32. The predicted molar refractivity (Wildman–Crippen MR) is 66.0 cm³/mol. The lowest BCUT2D eigenvalue weighted by Gasteiger charge is -2.20. The van der Waals surface area contributed by atoms with E-state index in [0.717, 1.165) is 19.4 Å². The van der Waals surface area contributed by atoms with Gasteiger partial charge < -0.3 is 10.4 Å². The third-order valence-electron chi connectivity index (χ3n) is 3.02. The van der Waals surface area contributed by atoms with Crippen molar-refractivity contribution in [1.82, 2.24) is 10.3 Å². The van der Waals surface area contributed by atoms with E-state index in [4.69, 9.17) is 0 Å². The molecule has 0 saturated carbocycles. The number of aliphatic hydroxyl groups is 1. The lowest BCUT2D eigenvalue weighted by atomic mass is 9.96. The molecule has 1 unspecified atom stereocenters. The van der Waals surface area contributed by atoms with E-state index in [1.807, 2.05) is 12.1 Å². The van der Waals surface area contributed by atoms with Crippen molar-refractivity contribution in [3.05, 3.63) is 30.1 Å². The number of nitrogens with zero attached hydrogens (tertiary/aromatic N) is 1. The third-order valence-corrected chi connectivity index (χ3v) is 3.02. The molecule has 0 saturated heterocycles. The van der Waals surface area contributed by atoms with Crippen molar-refractivity contribution in [2.75, 3.05) is 6.54 Å². The van der Waals surface area contributed by atoms with Crippen LogP contribution in [0.5, 0.6) is 0 Å². The summed E-state index contributed by atoms with van der Waals surface area (Å²) in [6.07, 6.45) is 5.41. The van der Waals surface area contributed by atoms with Crippen LogP contribution in [-0.4, -0.2) is 22.7 Å². The molecular weight excluding hydrogens is 200 g/mol. The lowest BCUT2D eigenvalue weighted by Crippen LogP contribution is -2.32. The molecule has 0 bridgehead atoms. The van der Waals surface area contributed by atoms with Crippen LogP contribution in [0.1, 0.15) is 32.3 Å². The minimum Gasteiger partial charge on any atom is -0.392 e. The molecule has 3 nitrogen and oxygen atoms in total. The third kappa shape index (κ3) is 4.29. The van der Waals surface area contributed by atoms with Crippen molar-refractivity contribution >= 4 is 0 Å². The minimum atomic E-state index is -0.239. The van der Waals surface area contributed by atoms with Crippen LogP contribution in [0, 0.1) is 5.92 Å². The maximum absolute atomic E-state index is 9.91. The Balaban J connectivity index is 2.25. The summed E-state index contributed by atoms with van der Waals surface area (Å²) >= 11 is 0. The van der Waals surface area contributed by atoms with E-state index in [-0.39, 0.29) is 6.10 Å². The number of aromatic nitrogens is 1. The Hall–Kier alpha value is -0.930. The van der Waals surface area contributed by atoms with E-state index in [2.05, 4.69) is 24.1 Å². The van der Waals surface area contributed by atoms with Gasteiger partial charge in [0.1, 0.15) is 0 Å². The molecule has 0 fully saturated rings. The molecule has 1 aromatic rings. The van der Waals surface area contributed by atoms with E-state index < -0.39 is 0 Å². The van der Waals surface area contributed by atoms with Crippen LogP contribution in [-0.2, 0) is 6.54 Å². The maximum atomic E-state index is 9.91. The van der Waals surface area contributed by atoms with Crippen LogP contribution in [0.15, 0.2) is 24.5 Å². The average molecular weight is 222 g/mol. The zero-order valence-corrected chi connectivity index (χ0v) is 10.2. The molecule has 0 aliphatic rings. The van der Waals surface area contributed by atoms with Gasteiger partial charge in [0.05, 0.1) is 6.10 Å². The Morgan fingerprint density at radius 1 is 1.25 bits per heavy atom. The quantitative estimate of drug-likeness (QED) is 0.741. The Morgan fingerprint density at radius 2 is 1.88 bits per heavy atom. The van der Waals surface area contributed by atoms with Crippen molar-refractivity contribution in [3.8, 4) is 0 Å². The van der Waals surface area contributed by atoms with Crippen LogP contribution >= 0.6 is 0 Å². The maximum Gasteiger partial charge on any atom is 0.0692 e. The number of hydrogen-bond donors (Lipinski definition) is 2. The molecule has 3 heteroatoms. The van der Waals surface area contributed by atoms with Crippen molar-refractivity contribution < 1.29 is 5.11 Å². The molecule has 2 N–H and O–H groups in total. The van der Waals surface area contributed by atoms with E-state index in [1.54, 1.807) is 12.4 Å². The molecular formula is C13H22N2O. The van der Waals surface area contributed by atoms with Gasteiger partial charge in [-0.3, -0.25) is 4.98 Å². The highest BCUT2D eigenvalue weighted by Gasteiger charge is 2.14. The van der Waals surface area contributed by atoms with Crippen molar-refractivity contribution in [1.29, 1.82) is 0 Å². The molecule has 1 heterocycles. The first-order chi connectivity index (χ1) is 7.77. The summed E-state index contributed by atoms with van der Waals surface area (Å²) in [6.45, 7) is 5.70. The molecule has 0 amide bonds. The Bertz CT molecular complexity index is 273. The van der Waals surface area contributed by atoms with Crippen LogP contribution in [0.2, 0.25) is 0 Å². The number of rotatable bonds is 7. The molecule has 1 aromatic heterocycles. The number of nitrogens with one attached hydrogen (secondary N) is 1. The minimum absolute atomic E-state index is 0.239. The fourth-order valence-corrected chi connectivity index (χ4v) is 1.86. The van der Waals surface area contributed by atoms with Gasteiger partial charge in [-0.15, -0.1) is 0 Å². The second kappa shape index (κ2) is 7.36. The van der Waals surface area contributed by atoms with Gasteiger partial charge in [-0.1, -0.05) is 26.7 Å². The molecule has 0 radical (unpaired) electrons. The summed E-state index contributed by atoms with van der Waals surface area (Å²) in [7, 11) is 0. The smallest absolute Gasteiger partial charge is 0.0692 e. The number of pyridine rings is 1. The largest absolute Gasteiger partial charge is 0.392 e. The highest BCUT2D eigenvalue weighted by molar-refractivity contribution is 5.08. The molecule has 0 aliphatic heterocycles. The van der Waals surface area contributed by atoms with E-state index in [1.165, 1.54) is 5.56 Å². The van der Waals surface area contributed by atoms with Crippen molar-refractivity contribution in [2.24, 2.45) is 5.92 Å². The predicted octanol–water partition coefficient (Wildman–Crippen LogP) is 1.97. The second-order valence-electron chi connectivity index (χ2n) is 4.13. The number of aliphatic hydroxyl groups excluding tert-OH is 1.